The van der Waals surface area contributed by atoms with Crippen LogP contribution in [-0.2, 0) is 0 Å². The molecule has 1 atom stereocenters. The second-order valence-corrected chi connectivity index (χ2v) is 5.02. The van der Waals surface area contributed by atoms with Crippen LogP contribution in [0.25, 0.3) is 0 Å². The highest BCUT2D eigenvalue weighted by Crippen LogP contribution is 2.15. The quantitative estimate of drug-likeness (QED) is 0.777. The summed E-state index contributed by atoms with van der Waals surface area (Å²) >= 11 is 0. The zero-order valence-electron chi connectivity index (χ0n) is 12.5. The first-order chi connectivity index (χ1) is 9.71. The lowest BCUT2D eigenvalue weighted by molar-refractivity contribution is 0.312. The number of nitrogens with zero attached hydrogens (tertiary/aromatic N) is 4. The van der Waals surface area contributed by atoms with Gasteiger partial charge in [0, 0.05) is 19.1 Å². The standard InChI is InChI=1S/C13H24N6O/c1-4-7-14-11-16-12(18-13(17-11)20-5-2)15-10-6-8-19(3)9-10/h10H,4-9H2,1-3H3,(H2,14,15,16,17,18). The first-order valence-electron chi connectivity index (χ1n) is 7.29. The van der Waals surface area contributed by atoms with Gasteiger partial charge in [0.15, 0.2) is 0 Å². The lowest BCUT2D eigenvalue weighted by Gasteiger charge is -2.14. The number of likely N-dealkylation sites (tertiary alicyclic amines) is 1. The van der Waals surface area contributed by atoms with E-state index in [2.05, 4.69) is 44.5 Å². The Hall–Kier alpha value is -1.63. The summed E-state index contributed by atoms with van der Waals surface area (Å²) in [5, 5.41) is 6.54. The maximum atomic E-state index is 5.40. The number of hydrogen-bond donors (Lipinski definition) is 2. The molecule has 2 N–H and O–H groups in total. The molecule has 2 rings (SSSR count). The highest BCUT2D eigenvalue weighted by Gasteiger charge is 2.20. The van der Waals surface area contributed by atoms with Gasteiger partial charge in [-0.25, -0.2) is 0 Å². The number of aromatic nitrogens is 3. The topological polar surface area (TPSA) is 75.2 Å². The highest BCUT2D eigenvalue weighted by atomic mass is 16.5. The molecule has 2 heterocycles. The van der Waals surface area contributed by atoms with Gasteiger partial charge >= 0.3 is 6.01 Å². The van der Waals surface area contributed by atoms with Crippen LogP contribution in [0.3, 0.4) is 0 Å². The minimum atomic E-state index is 0.370. The SMILES string of the molecule is CCCNc1nc(NC2CCN(C)C2)nc(OCC)n1. The van der Waals surface area contributed by atoms with Gasteiger partial charge in [-0.2, -0.15) is 15.0 Å². The third-order valence-electron chi connectivity index (χ3n) is 3.15. The van der Waals surface area contributed by atoms with Crippen LogP contribution in [0.5, 0.6) is 6.01 Å². The third-order valence-corrected chi connectivity index (χ3v) is 3.15. The first kappa shape index (κ1) is 14.8. The second-order valence-electron chi connectivity index (χ2n) is 5.02. The largest absolute Gasteiger partial charge is 0.464 e. The van der Waals surface area contributed by atoms with Crippen LogP contribution in [0.4, 0.5) is 11.9 Å². The fraction of sp³-hybridized carbons (Fsp3) is 0.769. The molecule has 1 aliphatic rings. The number of hydrogen-bond acceptors (Lipinski definition) is 7. The van der Waals surface area contributed by atoms with E-state index in [-0.39, 0.29) is 0 Å². The lowest BCUT2D eigenvalue weighted by atomic mass is 10.3. The van der Waals surface area contributed by atoms with Gasteiger partial charge in [0.05, 0.1) is 6.61 Å². The smallest absolute Gasteiger partial charge is 0.323 e. The van der Waals surface area contributed by atoms with Gasteiger partial charge in [-0.15, -0.1) is 0 Å². The zero-order valence-corrected chi connectivity index (χ0v) is 12.5. The molecule has 20 heavy (non-hydrogen) atoms. The van der Waals surface area contributed by atoms with Crippen molar-refractivity contribution in [1.82, 2.24) is 19.9 Å². The molecule has 1 aromatic rings. The number of anilines is 2. The van der Waals surface area contributed by atoms with Gasteiger partial charge in [-0.1, -0.05) is 6.92 Å². The molecule has 0 aliphatic carbocycles. The molecule has 0 aromatic carbocycles. The van der Waals surface area contributed by atoms with Crippen molar-refractivity contribution in [3.8, 4) is 6.01 Å². The van der Waals surface area contributed by atoms with Gasteiger partial charge in [-0.3, -0.25) is 0 Å². The van der Waals surface area contributed by atoms with Crippen molar-refractivity contribution in [2.75, 3.05) is 43.9 Å². The van der Waals surface area contributed by atoms with Crippen LogP contribution >= 0.6 is 0 Å². The van der Waals surface area contributed by atoms with Crippen LogP contribution < -0.4 is 15.4 Å². The molecule has 0 saturated carbocycles. The second kappa shape index (κ2) is 7.23. The molecule has 112 valence electrons. The van der Waals surface area contributed by atoms with E-state index < -0.39 is 0 Å². The highest BCUT2D eigenvalue weighted by molar-refractivity contribution is 5.36. The molecular weight excluding hydrogens is 256 g/mol. The van der Waals surface area contributed by atoms with Crippen molar-refractivity contribution < 1.29 is 4.74 Å². The number of rotatable bonds is 7. The third kappa shape index (κ3) is 4.19. The molecule has 1 aromatic heterocycles. The van der Waals surface area contributed by atoms with E-state index in [4.69, 9.17) is 4.74 Å². The van der Waals surface area contributed by atoms with Crippen molar-refractivity contribution in [2.45, 2.75) is 32.7 Å². The maximum Gasteiger partial charge on any atom is 0.323 e. The summed E-state index contributed by atoms with van der Waals surface area (Å²) in [6, 6.07) is 0.755. The Morgan fingerprint density at radius 3 is 2.70 bits per heavy atom. The van der Waals surface area contributed by atoms with Crippen molar-refractivity contribution in [2.24, 2.45) is 0 Å². The Bertz CT molecular complexity index is 427. The van der Waals surface area contributed by atoms with Gasteiger partial charge in [0.1, 0.15) is 0 Å². The van der Waals surface area contributed by atoms with Crippen molar-refractivity contribution >= 4 is 11.9 Å². The summed E-state index contributed by atoms with van der Waals surface area (Å²) in [7, 11) is 2.12. The van der Waals surface area contributed by atoms with E-state index in [9.17, 15) is 0 Å². The Morgan fingerprint density at radius 2 is 2.05 bits per heavy atom. The zero-order chi connectivity index (χ0) is 14.4. The predicted octanol–water partition coefficient (Wildman–Crippen LogP) is 1.21. The molecule has 1 saturated heterocycles. The van der Waals surface area contributed by atoms with Crippen LogP contribution in [0.1, 0.15) is 26.7 Å². The Balaban J connectivity index is 2.07. The van der Waals surface area contributed by atoms with Gasteiger partial charge in [0.25, 0.3) is 0 Å². The van der Waals surface area contributed by atoms with E-state index in [1.807, 2.05) is 6.92 Å². The summed E-state index contributed by atoms with van der Waals surface area (Å²) in [5.41, 5.74) is 0. The molecule has 0 radical (unpaired) electrons. The van der Waals surface area contributed by atoms with Gasteiger partial charge in [-0.05, 0) is 33.4 Å². The Morgan fingerprint density at radius 1 is 1.25 bits per heavy atom. The summed E-state index contributed by atoms with van der Waals surface area (Å²) in [4.78, 5) is 15.2. The Labute approximate surface area is 120 Å². The average Bonchev–Trinajstić information content (AvgIpc) is 2.82. The minimum Gasteiger partial charge on any atom is -0.464 e. The molecule has 0 amide bonds. The maximum absolute atomic E-state index is 5.40. The van der Waals surface area contributed by atoms with E-state index >= 15 is 0 Å². The molecule has 1 fully saturated rings. The van der Waals surface area contributed by atoms with Crippen LogP contribution in [0.2, 0.25) is 0 Å². The molecule has 7 nitrogen and oxygen atoms in total. The molecule has 0 spiro atoms. The number of nitrogens with one attached hydrogen (secondary N) is 2. The van der Waals surface area contributed by atoms with Crippen molar-refractivity contribution in [3.05, 3.63) is 0 Å². The van der Waals surface area contributed by atoms with E-state index in [1.165, 1.54) is 0 Å². The fourth-order valence-electron chi connectivity index (χ4n) is 2.17. The first-order valence-corrected chi connectivity index (χ1v) is 7.29. The van der Waals surface area contributed by atoms with Crippen LogP contribution in [0.15, 0.2) is 0 Å². The summed E-state index contributed by atoms with van der Waals surface area (Å²) in [5.74, 6) is 1.15. The number of likely N-dealkylation sites (N-methyl/N-ethyl adjacent to an activating group) is 1. The fourth-order valence-corrected chi connectivity index (χ4v) is 2.17. The summed E-state index contributed by atoms with van der Waals surface area (Å²) in [6.07, 6.45) is 2.12. The summed E-state index contributed by atoms with van der Waals surface area (Å²) in [6.45, 7) is 7.51. The molecular formula is C13H24N6O. The van der Waals surface area contributed by atoms with Gasteiger partial charge in [0.2, 0.25) is 11.9 Å². The molecule has 7 heteroatoms. The van der Waals surface area contributed by atoms with E-state index in [1.54, 1.807) is 0 Å². The Kier molecular flexibility index (Phi) is 5.34. The average molecular weight is 280 g/mol. The van der Waals surface area contributed by atoms with Crippen molar-refractivity contribution in [3.63, 3.8) is 0 Å². The summed E-state index contributed by atoms with van der Waals surface area (Å²) < 4.78 is 5.40. The van der Waals surface area contributed by atoms with Crippen molar-refractivity contribution in [1.29, 1.82) is 0 Å². The molecule has 1 aliphatic heterocycles. The normalized spacial score (nSPS) is 19.1. The number of ether oxygens (including phenoxy) is 1. The van der Waals surface area contributed by atoms with E-state index in [0.717, 1.165) is 32.5 Å². The predicted molar refractivity (Wildman–Crippen MR) is 79.3 cm³/mol. The lowest BCUT2D eigenvalue weighted by Crippen LogP contribution is -2.25. The monoisotopic (exact) mass is 280 g/mol. The molecule has 0 bridgehead atoms. The molecule has 1 unspecified atom stereocenters. The van der Waals surface area contributed by atoms with Gasteiger partial charge < -0.3 is 20.3 Å². The van der Waals surface area contributed by atoms with E-state index in [0.29, 0.717) is 30.6 Å². The van der Waals surface area contributed by atoms with Crippen LogP contribution in [0, 0.1) is 0 Å². The van der Waals surface area contributed by atoms with Crippen LogP contribution in [-0.4, -0.2) is 59.2 Å². The minimum absolute atomic E-state index is 0.370.